The Kier molecular flexibility index (Phi) is 5.65. The molecule has 3 atom stereocenters. The molecule has 3 nitrogen and oxygen atoms in total. The van der Waals surface area contributed by atoms with E-state index in [0.29, 0.717) is 19.1 Å². The molecule has 1 aromatic carbocycles. The first kappa shape index (κ1) is 16.3. The molecular formula is C18H29NO2. The summed E-state index contributed by atoms with van der Waals surface area (Å²) in [7, 11) is 0. The zero-order chi connectivity index (χ0) is 15.3. The van der Waals surface area contributed by atoms with Crippen molar-refractivity contribution in [3.63, 3.8) is 0 Å². The molecule has 3 unspecified atom stereocenters. The van der Waals surface area contributed by atoms with Crippen molar-refractivity contribution in [2.75, 3.05) is 13.2 Å². The van der Waals surface area contributed by atoms with Gasteiger partial charge in [0.1, 0.15) is 5.75 Å². The van der Waals surface area contributed by atoms with Crippen molar-refractivity contribution < 1.29 is 9.84 Å². The van der Waals surface area contributed by atoms with Crippen molar-refractivity contribution in [2.24, 2.45) is 17.1 Å². The van der Waals surface area contributed by atoms with Gasteiger partial charge in [0.05, 0.1) is 12.7 Å². The maximum atomic E-state index is 10.9. The van der Waals surface area contributed by atoms with E-state index in [1.807, 2.05) is 31.2 Å². The fourth-order valence-corrected chi connectivity index (χ4v) is 3.68. The summed E-state index contributed by atoms with van der Waals surface area (Å²) in [6, 6.07) is 7.82. The summed E-state index contributed by atoms with van der Waals surface area (Å²) < 4.78 is 5.47. The lowest BCUT2D eigenvalue weighted by Crippen LogP contribution is -2.41. The molecule has 1 fully saturated rings. The molecule has 1 aromatic rings. The van der Waals surface area contributed by atoms with E-state index in [1.54, 1.807) is 0 Å². The first-order chi connectivity index (χ1) is 10.1. The van der Waals surface area contributed by atoms with E-state index in [9.17, 15) is 5.11 Å². The van der Waals surface area contributed by atoms with Crippen LogP contribution in [0.2, 0.25) is 0 Å². The van der Waals surface area contributed by atoms with Crippen LogP contribution in [0.5, 0.6) is 5.75 Å². The topological polar surface area (TPSA) is 55.5 Å². The van der Waals surface area contributed by atoms with Gasteiger partial charge in [-0.05, 0) is 43.4 Å². The summed E-state index contributed by atoms with van der Waals surface area (Å²) >= 11 is 0. The smallest absolute Gasteiger partial charge is 0.119 e. The van der Waals surface area contributed by atoms with Crippen LogP contribution in [0, 0.1) is 11.3 Å². The molecule has 0 spiro atoms. The minimum absolute atomic E-state index is 0.161. The van der Waals surface area contributed by atoms with Gasteiger partial charge >= 0.3 is 0 Å². The van der Waals surface area contributed by atoms with E-state index in [4.69, 9.17) is 10.5 Å². The normalized spacial score (nSPS) is 27.3. The van der Waals surface area contributed by atoms with Crippen molar-refractivity contribution in [2.45, 2.75) is 52.1 Å². The van der Waals surface area contributed by atoms with Crippen molar-refractivity contribution in [3.05, 3.63) is 29.8 Å². The Morgan fingerprint density at radius 2 is 2.05 bits per heavy atom. The number of benzene rings is 1. The van der Waals surface area contributed by atoms with Crippen LogP contribution in [0.25, 0.3) is 0 Å². The van der Waals surface area contributed by atoms with Crippen molar-refractivity contribution in [3.8, 4) is 5.75 Å². The Bertz CT molecular complexity index is 431. The van der Waals surface area contributed by atoms with Crippen molar-refractivity contribution >= 4 is 0 Å². The lowest BCUT2D eigenvalue weighted by atomic mass is 9.64. The Labute approximate surface area is 128 Å². The highest BCUT2D eigenvalue weighted by Gasteiger charge is 2.41. The molecule has 0 bridgehead atoms. The molecule has 1 aliphatic carbocycles. The van der Waals surface area contributed by atoms with E-state index in [0.717, 1.165) is 24.2 Å². The molecule has 118 valence electrons. The monoisotopic (exact) mass is 291 g/mol. The van der Waals surface area contributed by atoms with Gasteiger partial charge in [0.25, 0.3) is 0 Å². The van der Waals surface area contributed by atoms with Crippen LogP contribution in [-0.2, 0) is 0 Å². The van der Waals surface area contributed by atoms with Gasteiger partial charge in [-0.3, -0.25) is 0 Å². The maximum Gasteiger partial charge on any atom is 0.119 e. The van der Waals surface area contributed by atoms with Gasteiger partial charge in [-0.1, -0.05) is 38.3 Å². The Balaban J connectivity index is 2.16. The third-order valence-electron chi connectivity index (χ3n) is 5.05. The number of rotatable bonds is 6. The average Bonchev–Trinajstić information content (AvgIpc) is 2.55. The molecular weight excluding hydrogens is 262 g/mol. The van der Waals surface area contributed by atoms with Crippen LogP contribution < -0.4 is 10.5 Å². The van der Waals surface area contributed by atoms with Gasteiger partial charge in [0, 0.05) is 12.0 Å². The van der Waals surface area contributed by atoms with E-state index in [-0.39, 0.29) is 5.41 Å². The zero-order valence-corrected chi connectivity index (χ0v) is 13.3. The molecule has 1 saturated carbocycles. The van der Waals surface area contributed by atoms with Crippen LogP contribution in [-0.4, -0.2) is 18.3 Å². The highest BCUT2D eigenvalue weighted by Crippen LogP contribution is 2.48. The van der Waals surface area contributed by atoms with E-state index in [1.165, 1.54) is 19.3 Å². The van der Waals surface area contributed by atoms with Gasteiger partial charge in [-0.25, -0.2) is 0 Å². The second-order valence-electron chi connectivity index (χ2n) is 6.34. The van der Waals surface area contributed by atoms with Crippen LogP contribution in [0.3, 0.4) is 0 Å². The molecule has 1 aliphatic rings. The molecule has 0 aromatic heterocycles. The largest absolute Gasteiger partial charge is 0.494 e. The van der Waals surface area contributed by atoms with Crippen molar-refractivity contribution in [1.29, 1.82) is 0 Å². The number of ether oxygens (including phenoxy) is 1. The molecule has 0 saturated heterocycles. The minimum atomic E-state index is -0.479. The van der Waals surface area contributed by atoms with Crippen LogP contribution in [0.1, 0.15) is 57.6 Å². The van der Waals surface area contributed by atoms with E-state index in [2.05, 4.69) is 6.92 Å². The SMILES string of the molecule is CCOc1ccc(C(O)C2(CN)CCCC(CC)C2)cc1. The second kappa shape index (κ2) is 7.28. The highest BCUT2D eigenvalue weighted by atomic mass is 16.5. The molecule has 0 amide bonds. The number of aliphatic hydroxyl groups excluding tert-OH is 1. The predicted octanol–water partition coefficient (Wildman–Crippen LogP) is 3.66. The first-order valence-corrected chi connectivity index (χ1v) is 8.26. The summed E-state index contributed by atoms with van der Waals surface area (Å²) in [5.41, 5.74) is 6.88. The van der Waals surface area contributed by atoms with Crippen LogP contribution in [0.4, 0.5) is 0 Å². The fraction of sp³-hybridized carbons (Fsp3) is 0.667. The highest BCUT2D eigenvalue weighted by molar-refractivity contribution is 5.29. The Morgan fingerprint density at radius 1 is 1.33 bits per heavy atom. The third-order valence-corrected chi connectivity index (χ3v) is 5.05. The minimum Gasteiger partial charge on any atom is -0.494 e. The van der Waals surface area contributed by atoms with Crippen LogP contribution in [0.15, 0.2) is 24.3 Å². The molecule has 2 rings (SSSR count). The number of hydrogen-bond donors (Lipinski definition) is 2. The fourth-order valence-electron chi connectivity index (χ4n) is 3.68. The van der Waals surface area contributed by atoms with E-state index >= 15 is 0 Å². The molecule has 3 heteroatoms. The Hall–Kier alpha value is -1.06. The maximum absolute atomic E-state index is 10.9. The first-order valence-electron chi connectivity index (χ1n) is 8.26. The lowest BCUT2D eigenvalue weighted by Gasteiger charge is -2.43. The number of nitrogens with two attached hydrogens (primary N) is 1. The molecule has 0 aliphatic heterocycles. The van der Waals surface area contributed by atoms with Crippen molar-refractivity contribution in [1.82, 2.24) is 0 Å². The van der Waals surface area contributed by atoms with Crippen LogP contribution >= 0.6 is 0 Å². The average molecular weight is 291 g/mol. The lowest BCUT2D eigenvalue weighted by molar-refractivity contribution is -0.0162. The summed E-state index contributed by atoms with van der Waals surface area (Å²) in [4.78, 5) is 0. The second-order valence-corrected chi connectivity index (χ2v) is 6.34. The van der Waals surface area contributed by atoms with Gasteiger partial charge in [0.2, 0.25) is 0 Å². The summed E-state index contributed by atoms with van der Waals surface area (Å²) in [6.07, 6.45) is 5.20. The molecule has 0 heterocycles. The van der Waals surface area contributed by atoms with Gasteiger partial charge in [0.15, 0.2) is 0 Å². The third kappa shape index (κ3) is 3.58. The zero-order valence-electron chi connectivity index (χ0n) is 13.3. The standard InChI is InChI=1S/C18H29NO2/c1-3-14-6-5-11-18(12-14,13-19)17(20)15-7-9-16(10-8-15)21-4-2/h7-10,14,17,20H,3-6,11-13,19H2,1-2H3. The van der Waals surface area contributed by atoms with Gasteiger partial charge in [-0.15, -0.1) is 0 Å². The predicted molar refractivity (Wildman–Crippen MR) is 86.3 cm³/mol. The summed E-state index contributed by atoms with van der Waals surface area (Å²) in [5, 5.41) is 10.9. The molecule has 3 N–H and O–H groups in total. The summed E-state index contributed by atoms with van der Waals surface area (Å²) in [6.45, 7) is 5.42. The van der Waals surface area contributed by atoms with E-state index < -0.39 is 6.10 Å². The van der Waals surface area contributed by atoms with Gasteiger partial charge in [-0.2, -0.15) is 0 Å². The summed E-state index contributed by atoms with van der Waals surface area (Å²) in [5.74, 6) is 1.55. The molecule has 0 radical (unpaired) electrons. The Morgan fingerprint density at radius 3 is 2.62 bits per heavy atom. The number of aliphatic hydroxyl groups is 1. The molecule has 21 heavy (non-hydrogen) atoms. The quantitative estimate of drug-likeness (QED) is 0.841. The number of hydrogen-bond acceptors (Lipinski definition) is 3. The van der Waals surface area contributed by atoms with Gasteiger partial charge < -0.3 is 15.6 Å².